The first kappa shape index (κ1) is 18.8. The van der Waals surface area contributed by atoms with Crippen molar-refractivity contribution < 1.29 is 9.59 Å². The van der Waals surface area contributed by atoms with Crippen LogP contribution < -0.4 is 10.6 Å². The second-order valence-corrected chi connectivity index (χ2v) is 7.41. The molecule has 2 fully saturated rings. The lowest BCUT2D eigenvalue weighted by atomic mass is 9.90. The van der Waals surface area contributed by atoms with Gasteiger partial charge in [-0.1, -0.05) is 19.3 Å². The van der Waals surface area contributed by atoms with Crippen LogP contribution in [0, 0.1) is 5.92 Å². The van der Waals surface area contributed by atoms with Gasteiger partial charge < -0.3 is 10.6 Å². The lowest BCUT2D eigenvalue weighted by Gasteiger charge is -2.39. The van der Waals surface area contributed by atoms with Crippen LogP contribution in [0.3, 0.4) is 0 Å². The van der Waals surface area contributed by atoms with Gasteiger partial charge in [-0.2, -0.15) is 0 Å². The number of carbonyl (C=O) groups is 2. The minimum atomic E-state index is -0.159. The summed E-state index contributed by atoms with van der Waals surface area (Å²) >= 11 is 0. The molecule has 0 aromatic carbocycles. The molecular formula is C20H30N4O2. The highest BCUT2D eigenvalue weighted by Crippen LogP contribution is 2.27. The van der Waals surface area contributed by atoms with Crippen molar-refractivity contribution in [3.05, 3.63) is 30.1 Å². The summed E-state index contributed by atoms with van der Waals surface area (Å²) in [6, 6.07) is 4.14. The van der Waals surface area contributed by atoms with Crippen LogP contribution in [0.5, 0.6) is 0 Å². The smallest absolute Gasteiger partial charge is 0.252 e. The van der Waals surface area contributed by atoms with Gasteiger partial charge in [-0.05, 0) is 44.4 Å². The Morgan fingerprint density at radius 2 is 1.88 bits per heavy atom. The molecule has 1 aromatic rings. The number of piperidine rings is 1. The lowest BCUT2D eigenvalue weighted by molar-refractivity contribution is -0.127. The van der Waals surface area contributed by atoms with E-state index in [2.05, 4.69) is 20.5 Å². The molecule has 6 heteroatoms. The van der Waals surface area contributed by atoms with Crippen LogP contribution in [-0.4, -0.2) is 53.9 Å². The molecule has 6 nitrogen and oxygen atoms in total. The summed E-state index contributed by atoms with van der Waals surface area (Å²) in [7, 11) is 0. The van der Waals surface area contributed by atoms with Crippen molar-refractivity contribution >= 4 is 11.8 Å². The number of hydrogen-bond donors (Lipinski definition) is 2. The Morgan fingerprint density at radius 1 is 1.08 bits per heavy atom. The number of nitrogens with one attached hydrogen (secondary N) is 2. The van der Waals surface area contributed by atoms with Crippen molar-refractivity contribution in [3.63, 3.8) is 0 Å². The molecule has 2 heterocycles. The fraction of sp³-hybridized carbons (Fsp3) is 0.650. The highest BCUT2D eigenvalue weighted by atomic mass is 16.2. The molecule has 0 unspecified atom stereocenters. The zero-order valence-electron chi connectivity index (χ0n) is 15.5. The van der Waals surface area contributed by atoms with Crippen LogP contribution in [0.25, 0.3) is 0 Å². The zero-order chi connectivity index (χ0) is 18.2. The monoisotopic (exact) mass is 358 g/mol. The van der Waals surface area contributed by atoms with Gasteiger partial charge in [-0.25, -0.2) is 0 Å². The Hall–Kier alpha value is -1.95. The van der Waals surface area contributed by atoms with Crippen LogP contribution in [0.15, 0.2) is 24.5 Å². The van der Waals surface area contributed by atoms with Crippen molar-refractivity contribution in [2.45, 2.75) is 51.0 Å². The number of amides is 2. The maximum atomic E-state index is 12.5. The molecule has 1 saturated carbocycles. The topological polar surface area (TPSA) is 74.3 Å². The van der Waals surface area contributed by atoms with E-state index in [-0.39, 0.29) is 17.7 Å². The van der Waals surface area contributed by atoms with Gasteiger partial charge in [0.15, 0.2) is 0 Å². The first-order valence-corrected chi connectivity index (χ1v) is 9.94. The van der Waals surface area contributed by atoms with Crippen molar-refractivity contribution in [2.75, 3.05) is 26.2 Å². The Balaban J connectivity index is 1.37. The van der Waals surface area contributed by atoms with Crippen molar-refractivity contribution in [2.24, 2.45) is 5.92 Å². The quantitative estimate of drug-likeness (QED) is 0.763. The highest BCUT2D eigenvalue weighted by Gasteiger charge is 2.30. The van der Waals surface area contributed by atoms with E-state index in [1.54, 1.807) is 18.3 Å². The molecule has 0 bridgehead atoms. The first-order valence-electron chi connectivity index (χ1n) is 9.94. The Labute approximate surface area is 155 Å². The summed E-state index contributed by atoms with van der Waals surface area (Å²) in [6.07, 6.45) is 11.8. The molecule has 0 spiro atoms. The number of carbonyl (C=O) groups excluding carboxylic acids is 2. The van der Waals surface area contributed by atoms with Crippen LogP contribution >= 0.6 is 0 Å². The second-order valence-electron chi connectivity index (χ2n) is 7.41. The predicted molar refractivity (Wildman–Crippen MR) is 101 cm³/mol. The second kappa shape index (κ2) is 9.67. The van der Waals surface area contributed by atoms with Crippen LogP contribution in [-0.2, 0) is 4.79 Å². The van der Waals surface area contributed by atoms with E-state index in [1.165, 1.54) is 38.3 Å². The summed E-state index contributed by atoms with van der Waals surface area (Å²) in [5.74, 6) is 0.0503. The van der Waals surface area contributed by atoms with Gasteiger partial charge in [0, 0.05) is 38.1 Å². The summed E-state index contributed by atoms with van der Waals surface area (Å²) in [4.78, 5) is 30.9. The molecule has 1 aromatic heterocycles. The lowest BCUT2D eigenvalue weighted by Crippen LogP contribution is -2.48. The van der Waals surface area contributed by atoms with E-state index in [0.717, 1.165) is 25.9 Å². The van der Waals surface area contributed by atoms with Crippen molar-refractivity contribution in [1.29, 1.82) is 0 Å². The Bertz CT molecular complexity index is 587. The zero-order valence-corrected chi connectivity index (χ0v) is 15.5. The molecular weight excluding hydrogens is 328 g/mol. The molecule has 2 aliphatic rings. The van der Waals surface area contributed by atoms with Gasteiger partial charge in [0.1, 0.15) is 0 Å². The van der Waals surface area contributed by atoms with Gasteiger partial charge in [0.05, 0.1) is 11.5 Å². The maximum Gasteiger partial charge on any atom is 0.252 e. The molecule has 2 amide bonds. The largest absolute Gasteiger partial charge is 0.354 e. The van der Waals surface area contributed by atoms with Gasteiger partial charge in [-0.3, -0.25) is 19.5 Å². The minimum Gasteiger partial charge on any atom is -0.354 e. The van der Waals surface area contributed by atoms with Gasteiger partial charge in [0.2, 0.25) is 5.91 Å². The number of pyridine rings is 1. The molecule has 0 radical (unpaired) electrons. The van der Waals surface area contributed by atoms with Gasteiger partial charge in [0.25, 0.3) is 5.91 Å². The van der Waals surface area contributed by atoms with Crippen molar-refractivity contribution in [3.8, 4) is 0 Å². The number of aromatic nitrogens is 1. The average molecular weight is 358 g/mol. The summed E-state index contributed by atoms with van der Waals surface area (Å²) < 4.78 is 0. The molecule has 3 rings (SSSR count). The third-order valence-electron chi connectivity index (χ3n) is 5.55. The third-order valence-corrected chi connectivity index (χ3v) is 5.55. The number of nitrogens with zero attached hydrogens (tertiary/aromatic N) is 2. The molecule has 1 saturated heterocycles. The van der Waals surface area contributed by atoms with E-state index in [0.29, 0.717) is 24.7 Å². The maximum absolute atomic E-state index is 12.5. The molecule has 1 aliphatic heterocycles. The highest BCUT2D eigenvalue weighted by molar-refractivity contribution is 5.93. The summed E-state index contributed by atoms with van der Waals surface area (Å²) in [5, 5.41) is 5.80. The summed E-state index contributed by atoms with van der Waals surface area (Å²) in [5.41, 5.74) is 0.536. The Kier molecular flexibility index (Phi) is 7.00. The van der Waals surface area contributed by atoms with E-state index in [4.69, 9.17) is 0 Å². The molecule has 1 atom stereocenters. The van der Waals surface area contributed by atoms with E-state index in [9.17, 15) is 9.59 Å². The fourth-order valence-corrected chi connectivity index (χ4v) is 4.10. The van der Waals surface area contributed by atoms with Gasteiger partial charge >= 0.3 is 0 Å². The average Bonchev–Trinajstić information content (AvgIpc) is 2.72. The predicted octanol–water partition coefficient (Wildman–Crippen LogP) is 1.97. The van der Waals surface area contributed by atoms with Gasteiger partial charge in [-0.15, -0.1) is 0 Å². The van der Waals surface area contributed by atoms with E-state index < -0.39 is 0 Å². The number of likely N-dealkylation sites (tertiary alicyclic amines) is 1. The SMILES string of the molecule is O=C(NCCNC(=O)[C@@H]1CCCN(C2CCCCC2)C1)c1cccnc1. The normalized spacial score (nSPS) is 21.9. The molecule has 142 valence electrons. The first-order chi connectivity index (χ1) is 12.7. The number of hydrogen-bond acceptors (Lipinski definition) is 4. The minimum absolute atomic E-state index is 0.0831. The standard InChI is InChI=1S/C20H30N4O2/c25-19(16-6-4-10-21-14-16)22-11-12-23-20(26)17-7-5-13-24(15-17)18-8-2-1-3-9-18/h4,6,10,14,17-18H,1-3,5,7-9,11-13,15H2,(H,22,25)(H,23,26)/t17-/m1/s1. The van der Waals surface area contributed by atoms with E-state index >= 15 is 0 Å². The molecule has 2 N–H and O–H groups in total. The van der Waals surface area contributed by atoms with E-state index in [1.807, 2.05) is 0 Å². The molecule has 26 heavy (non-hydrogen) atoms. The summed E-state index contributed by atoms with van der Waals surface area (Å²) in [6.45, 7) is 2.91. The van der Waals surface area contributed by atoms with Crippen molar-refractivity contribution in [1.82, 2.24) is 20.5 Å². The Morgan fingerprint density at radius 3 is 2.65 bits per heavy atom. The fourth-order valence-electron chi connectivity index (χ4n) is 4.10. The van der Waals surface area contributed by atoms with Crippen LogP contribution in [0.2, 0.25) is 0 Å². The van der Waals surface area contributed by atoms with Crippen LogP contribution in [0.1, 0.15) is 55.3 Å². The number of rotatable bonds is 6. The third kappa shape index (κ3) is 5.27. The molecule has 1 aliphatic carbocycles. The van der Waals surface area contributed by atoms with Crippen LogP contribution in [0.4, 0.5) is 0 Å².